The molecular weight excluding hydrogens is 401 g/mol. The van der Waals surface area contributed by atoms with Crippen LogP contribution in [0.4, 0.5) is 5.69 Å². The number of carbonyl (C=O) groups excluding carboxylic acids is 1. The molecule has 1 aromatic rings. The van der Waals surface area contributed by atoms with Crippen LogP contribution < -0.4 is 16.0 Å². The first-order chi connectivity index (χ1) is 10.1. The zero-order valence-corrected chi connectivity index (χ0v) is 16.6. The summed E-state index contributed by atoms with van der Waals surface area (Å²) in [7, 11) is 0. The van der Waals surface area contributed by atoms with Crippen LogP contribution in [0.2, 0.25) is 0 Å². The molecule has 1 aliphatic heterocycles. The van der Waals surface area contributed by atoms with Crippen molar-refractivity contribution in [2.45, 2.75) is 32.2 Å². The normalized spacial score (nSPS) is 17.9. The highest BCUT2D eigenvalue weighted by atomic mass is 79.9. The Balaban J connectivity index is 0.00000242. The minimum atomic E-state index is -0.362. The lowest BCUT2D eigenvalue weighted by molar-refractivity contribution is -0.122. The fourth-order valence-electron chi connectivity index (χ4n) is 2.70. The predicted molar refractivity (Wildman–Crippen MR) is 105 cm³/mol. The molecule has 1 heterocycles. The molecule has 0 bridgehead atoms. The smallest absolute Gasteiger partial charge is 0.236 e. The molecule has 23 heavy (non-hydrogen) atoms. The zero-order chi connectivity index (χ0) is 15.2. The molecule has 0 saturated carbocycles. The summed E-state index contributed by atoms with van der Waals surface area (Å²) >= 11 is 3.46. The first-order valence-corrected chi connectivity index (χ1v) is 8.43. The second-order valence-electron chi connectivity index (χ2n) is 5.72. The molecule has 1 saturated heterocycles. The van der Waals surface area contributed by atoms with Crippen LogP contribution in [0.15, 0.2) is 28.7 Å². The Bertz CT molecular complexity index is 473. The van der Waals surface area contributed by atoms with Gasteiger partial charge in [0.05, 0.1) is 6.04 Å². The number of amides is 1. The van der Waals surface area contributed by atoms with Crippen molar-refractivity contribution in [2.24, 2.45) is 11.7 Å². The van der Waals surface area contributed by atoms with E-state index in [1.165, 1.54) is 5.69 Å². The van der Waals surface area contributed by atoms with Gasteiger partial charge in [-0.05, 0) is 43.0 Å². The Morgan fingerprint density at radius 2 is 2.04 bits per heavy atom. The fourth-order valence-corrected chi connectivity index (χ4v) is 2.97. The average Bonchev–Trinajstić information content (AvgIpc) is 2.94. The number of nitrogens with zero attached hydrogens (tertiary/aromatic N) is 1. The van der Waals surface area contributed by atoms with Crippen molar-refractivity contribution in [3.63, 3.8) is 0 Å². The van der Waals surface area contributed by atoms with Crippen LogP contribution in [0.1, 0.15) is 26.2 Å². The molecule has 1 amide bonds. The number of halogens is 3. The molecule has 132 valence electrons. The first kappa shape index (κ1) is 22.5. The van der Waals surface area contributed by atoms with Crippen molar-refractivity contribution in [2.75, 3.05) is 24.5 Å². The highest BCUT2D eigenvalue weighted by molar-refractivity contribution is 9.10. The summed E-state index contributed by atoms with van der Waals surface area (Å²) < 4.78 is 1.10. The Morgan fingerprint density at radius 1 is 1.39 bits per heavy atom. The quantitative estimate of drug-likeness (QED) is 0.732. The summed E-state index contributed by atoms with van der Waals surface area (Å²) in [6, 6.07) is 8.02. The van der Waals surface area contributed by atoms with Crippen molar-refractivity contribution in [3.8, 4) is 0 Å². The van der Waals surface area contributed by atoms with Gasteiger partial charge < -0.3 is 16.0 Å². The summed E-state index contributed by atoms with van der Waals surface area (Å²) in [6.45, 7) is 4.80. The first-order valence-electron chi connectivity index (χ1n) is 7.64. The standard InChI is InChI=1S/C16H24BrN3O.2ClH/c1-2-3-15(18)16(21)19-10-12-8-9-20(11-12)14-6-4-13(17)5-7-14;;/h4-7,12,15H,2-3,8-11,18H2,1H3,(H,19,21);2*1H. The molecular formula is C16H26BrCl2N3O. The third-order valence-electron chi connectivity index (χ3n) is 3.98. The van der Waals surface area contributed by atoms with E-state index in [2.05, 4.69) is 50.4 Å². The maximum Gasteiger partial charge on any atom is 0.236 e. The number of anilines is 1. The van der Waals surface area contributed by atoms with E-state index in [-0.39, 0.29) is 36.8 Å². The lowest BCUT2D eigenvalue weighted by Gasteiger charge is -2.19. The lowest BCUT2D eigenvalue weighted by Crippen LogP contribution is -2.42. The number of carbonyl (C=O) groups is 1. The highest BCUT2D eigenvalue weighted by Crippen LogP contribution is 2.24. The van der Waals surface area contributed by atoms with E-state index in [9.17, 15) is 4.79 Å². The molecule has 1 aromatic carbocycles. The Labute approximate surface area is 159 Å². The summed E-state index contributed by atoms with van der Waals surface area (Å²) in [5.74, 6) is 0.491. The summed E-state index contributed by atoms with van der Waals surface area (Å²) in [5.41, 5.74) is 7.06. The van der Waals surface area contributed by atoms with Crippen molar-refractivity contribution >= 4 is 52.3 Å². The Morgan fingerprint density at radius 3 is 2.65 bits per heavy atom. The molecule has 4 nitrogen and oxygen atoms in total. The lowest BCUT2D eigenvalue weighted by atomic mass is 10.1. The van der Waals surface area contributed by atoms with Crippen molar-refractivity contribution in [3.05, 3.63) is 28.7 Å². The van der Waals surface area contributed by atoms with Gasteiger partial charge in [0.15, 0.2) is 0 Å². The van der Waals surface area contributed by atoms with Gasteiger partial charge in [0.2, 0.25) is 5.91 Å². The van der Waals surface area contributed by atoms with Crippen LogP contribution in [0.3, 0.4) is 0 Å². The fraction of sp³-hybridized carbons (Fsp3) is 0.562. The molecule has 3 N–H and O–H groups in total. The molecule has 0 radical (unpaired) electrons. The summed E-state index contributed by atoms with van der Waals surface area (Å²) in [6.07, 6.45) is 2.80. The monoisotopic (exact) mass is 425 g/mol. The number of hydrogen-bond donors (Lipinski definition) is 2. The molecule has 7 heteroatoms. The maximum atomic E-state index is 11.8. The van der Waals surface area contributed by atoms with Gasteiger partial charge in [-0.2, -0.15) is 0 Å². The van der Waals surface area contributed by atoms with Crippen LogP contribution in [0.25, 0.3) is 0 Å². The number of nitrogens with two attached hydrogens (primary N) is 1. The van der Waals surface area contributed by atoms with Gasteiger partial charge in [0, 0.05) is 29.8 Å². The van der Waals surface area contributed by atoms with E-state index in [0.29, 0.717) is 5.92 Å². The summed E-state index contributed by atoms with van der Waals surface area (Å²) in [5, 5.41) is 2.99. The Hall–Kier alpha value is -0.490. The van der Waals surface area contributed by atoms with E-state index in [4.69, 9.17) is 5.73 Å². The molecule has 2 rings (SSSR count). The van der Waals surface area contributed by atoms with Crippen LogP contribution >= 0.6 is 40.7 Å². The zero-order valence-electron chi connectivity index (χ0n) is 13.3. The molecule has 2 unspecified atom stereocenters. The minimum absolute atomic E-state index is 0. The number of benzene rings is 1. The minimum Gasteiger partial charge on any atom is -0.371 e. The predicted octanol–water partition coefficient (Wildman–Crippen LogP) is 3.36. The van der Waals surface area contributed by atoms with Gasteiger partial charge in [0.25, 0.3) is 0 Å². The van der Waals surface area contributed by atoms with Gasteiger partial charge in [-0.1, -0.05) is 29.3 Å². The SMILES string of the molecule is CCCC(N)C(=O)NCC1CCN(c2ccc(Br)cc2)C1.Cl.Cl. The van der Waals surface area contributed by atoms with E-state index in [0.717, 1.165) is 43.4 Å². The molecule has 0 aliphatic carbocycles. The third kappa shape index (κ3) is 6.87. The topological polar surface area (TPSA) is 58.4 Å². The molecule has 1 aliphatic rings. The average molecular weight is 427 g/mol. The largest absolute Gasteiger partial charge is 0.371 e. The van der Waals surface area contributed by atoms with Crippen molar-refractivity contribution < 1.29 is 4.79 Å². The summed E-state index contributed by atoms with van der Waals surface area (Å²) in [4.78, 5) is 14.2. The molecule has 2 atom stereocenters. The van der Waals surface area contributed by atoms with Gasteiger partial charge >= 0.3 is 0 Å². The van der Waals surface area contributed by atoms with Gasteiger partial charge in [-0.25, -0.2) is 0 Å². The van der Waals surface area contributed by atoms with E-state index >= 15 is 0 Å². The second-order valence-corrected chi connectivity index (χ2v) is 6.63. The highest BCUT2D eigenvalue weighted by Gasteiger charge is 2.23. The number of hydrogen-bond acceptors (Lipinski definition) is 3. The molecule has 0 aromatic heterocycles. The number of nitrogens with one attached hydrogen (secondary N) is 1. The number of rotatable bonds is 6. The van der Waals surface area contributed by atoms with Gasteiger partial charge in [-0.15, -0.1) is 24.8 Å². The van der Waals surface area contributed by atoms with E-state index in [1.54, 1.807) is 0 Å². The van der Waals surface area contributed by atoms with Crippen molar-refractivity contribution in [1.29, 1.82) is 0 Å². The second kappa shape index (κ2) is 11.1. The van der Waals surface area contributed by atoms with Crippen LogP contribution in [0.5, 0.6) is 0 Å². The van der Waals surface area contributed by atoms with Crippen LogP contribution in [-0.4, -0.2) is 31.6 Å². The van der Waals surface area contributed by atoms with Gasteiger partial charge in [0.1, 0.15) is 0 Å². The maximum absolute atomic E-state index is 11.8. The van der Waals surface area contributed by atoms with Crippen LogP contribution in [-0.2, 0) is 4.79 Å². The molecule has 1 fully saturated rings. The third-order valence-corrected chi connectivity index (χ3v) is 4.51. The van der Waals surface area contributed by atoms with E-state index in [1.807, 2.05) is 6.92 Å². The van der Waals surface area contributed by atoms with Crippen molar-refractivity contribution in [1.82, 2.24) is 5.32 Å². The van der Waals surface area contributed by atoms with Crippen LogP contribution in [0, 0.1) is 5.92 Å². The molecule has 0 spiro atoms. The van der Waals surface area contributed by atoms with Gasteiger partial charge in [-0.3, -0.25) is 4.79 Å². The van der Waals surface area contributed by atoms with E-state index < -0.39 is 0 Å². The Kier molecular flexibility index (Phi) is 10.9.